The van der Waals surface area contributed by atoms with E-state index in [4.69, 9.17) is 21.2 Å². The van der Waals surface area contributed by atoms with E-state index in [1.807, 2.05) is 26.8 Å². The Labute approximate surface area is 203 Å². The van der Waals surface area contributed by atoms with Gasteiger partial charge in [-0.05, 0) is 63.3 Å². The Morgan fingerprint density at radius 2 is 2.12 bits per heavy atom. The van der Waals surface area contributed by atoms with Crippen LogP contribution in [-0.2, 0) is 17.6 Å². The number of nitrogens with zero attached hydrogens (tertiary/aromatic N) is 3. The Bertz CT molecular complexity index is 1240. The zero-order chi connectivity index (χ0) is 24.0. The number of rotatable bonds is 5. The number of fused-ring (bicyclic) bond motifs is 2. The number of nitrogens with two attached hydrogens (primary N) is 2. The number of pyridine rings is 2. The third-order valence-corrected chi connectivity index (χ3v) is 7.93. The number of carbonyl (C=O) groups excluding carboxylic acids is 1. The predicted molar refractivity (Wildman–Crippen MR) is 137 cm³/mol. The van der Waals surface area contributed by atoms with E-state index in [0.29, 0.717) is 17.2 Å². The molecule has 5 rings (SSSR count). The first-order valence-electron chi connectivity index (χ1n) is 11.9. The van der Waals surface area contributed by atoms with E-state index in [1.165, 1.54) is 16.9 Å². The maximum absolute atomic E-state index is 13.1. The van der Waals surface area contributed by atoms with Crippen LogP contribution in [0.5, 0.6) is 0 Å². The summed E-state index contributed by atoms with van der Waals surface area (Å²) in [6.07, 6.45) is 2.48. The Kier molecular flexibility index (Phi) is 6.18. The lowest BCUT2D eigenvalue weighted by Gasteiger charge is -2.26. The van der Waals surface area contributed by atoms with Crippen LogP contribution < -0.4 is 21.7 Å². The van der Waals surface area contributed by atoms with Crippen LogP contribution in [-0.4, -0.2) is 53.8 Å². The molecule has 4 heterocycles. The molecular weight excluding hydrogens is 448 g/mol. The average molecular weight is 481 g/mol. The van der Waals surface area contributed by atoms with Gasteiger partial charge in [-0.15, -0.1) is 11.3 Å². The lowest BCUT2D eigenvalue weighted by Crippen LogP contribution is -2.39. The van der Waals surface area contributed by atoms with Crippen molar-refractivity contribution in [3.63, 3.8) is 0 Å². The van der Waals surface area contributed by atoms with Crippen LogP contribution in [0.25, 0.3) is 10.2 Å². The number of ether oxygens (including phenoxy) is 1. The molecule has 1 aliphatic carbocycles. The quantitative estimate of drug-likeness (QED) is 0.514. The number of thiophene rings is 1. The molecule has 3 aromatic heterocycles. The summed E-state index contributed by atoms with van der Waals surface area (Å²) in [6, 6.07) is 6.25. The monoisotopic (exact) mass is 480 g/mol. The van der Waals surface area contributed by atoms with Crippen molar-refractivity contribution in [1.29, 1.82) is 0 Å². The van der Waals surface area contributed by atoms with E-state index < -0.39 is 0 Å². The molecule has 0 spiro atoms. The molecular formula is C25H32N6O2S. The Morgan fingerprint density at radius 3 is 2.91 bits per heavy atom. The fourth-order valence-electron chi connectivity index (χ4n) is 5.16. The fourth-order valence-corrected chi connectivity index (χ4v) is 6.28. The summed E-state index contributed by atoms with van der Waals surface area (Å²) >= 11 is 1.37. The van der Waals surface area contributed by atoms with Gasteiger partial charge in [0.05, 0.1) is 17.8 Å². The molecule has 1 saturated heterocycles. The zero-order valence-corrected chi connectivity index (χ0v) is 20.7. The van der Waals surface area contributed by atoms with Crippen molar-refractivity contribution in [3.8, 4) is 0 Å². The molecule has 5 N–H and O–H groups in total. The highest BCUT2D eigenvalue weighted by Gasteiger charge is 2.32. The highest BCUT2D eigenvalue weighted by atomic mass is 32.1. The van der Waals surface area contributed by atoms with E-state index in [9.17, 15) is 4.79 Å². The summed E-state index contributed by atoms with van der Waals surface area (Å²) in [6.45, 7) is 8.14. The zero-order valence-electron chi connectivity index (χ0n) is 19.9. The molecule has 1 amide bonds. The van der Waals surface area contributed by atoms with E-state index in [1.54, 1.807) is 0 Å². The summed E-state index contributed by atoms with van der Waals surface area (Å²) in [5.74, 6) is 0.832. The van der Waals surface area contributed by atoms with Crippen molar-refractivity contribution in [3.05, 3.63) is 45.6 Å². The van der Waals surface area contributed by atoms with Crippen molar-refractivity contribution in [2.45, 2.75) is 58.2 Å². The molecule has 3 aromatic rings. The third-order valence-electron chi connectivity index (χ3n) is 6.83. The number of nitrogen functional groups attached to an aromatic ring is 1. The number of anilines is 2. The Hall–Kier alpha value is -2.75. The standard InChI is InChI=1S/C25H32N6O2S/c1-4-33-19-12-31(11-17(19)26)20-8-5-15-10-16(6-7-18(15)30-20)29-24(32)23-22(27)21-13(2)9-14(3)28-25(21)34-23/h5,8-9,16-17,19H,4,6-7,10-12,26-27H2,1-3H3,(H,29,32). The summed E-state index contributed by atoms with van der Waals surface area (Å²) in [4.78, 5) is 26.2. The minimum atomic E-state index is -0.122. The minimum absolute atomic E-state index is 0.00149. The normalized spacial score (nSPS) is 22.2. The van der Waals surface area contributed by atoms with Crippen LogP contribution in [0.15, 0.2) is 18.2 Å². The molecule has 0 radical (unpaired) electrons. The lowest BCUT2D eigenvalue weighted by molar-refractivity contribution is 0.0680. The summed E-state index contributed by atoms with van der Waals surface area (Å²) in [5.41, 5.74) is 17.4. The SMILES string of the molecule is CCOC1CN(c2ccc3c(n2)CCC(NC(=O)c2sc4nc(C)cc(C)c4c2N)C3)CC1N. The van der Waals surface area contributed by atoms with Gasteiger partial charge in [0.2, 0.25) is 0 Å². The number of aryl methyl sites for hydroxylation is 3. The van der Waals surface area contributed by atoms with Gasteiger partial charge in [0, 0.05) is 42.5 Å². The topological polar surface area (TPSA) is 119 Å². The van der Waals surface area contributed by atoms with E-state index >= 15 is 0 Å². The molecule has 0 bridgehead atoms. The summed E-state index contributed by atoms with van der Waals surface area (Å²) < 4.78 is 5.76. The second kappa shape index (κ2) is 9.13. The number of amides is 1. The second-order valence-electron chi connectivity index (χ2n) is 9.36. The molecule has 8 nitrogen and oxygen atoms in total. The highest BCUT2D eigenvalue weighted by molar-refractivity contribution is 7.21. The molecule has 1 fully saturated rings. The number of hydrogen-bond acceptors (Lipinski definition) is 8. The number of carbonyl (C=O) groups is 1. The smallest absolute Gasteiger partial charge is 0.263 e. The fraction of sp³-hybridized carbons (Fsp3) is 0.480. The molecule has 3 unspecified atom stereocenters. The highest BCUT2D eigenvalue weighted by Crippen LogP contribution is 2.35. The first-order valence-corrected chi connectivity index (χ1v) is 12.7. The predicted octanol–water partition coefficient (Wildman–Crippen LogP) is 2.73. The number of hydrogen-bond donors (Lipinski definition) is 3. The molecule has 0 saturated carbocycles. The van der Waals surface area contributed by atoms with E-state index in [2.05, 4.69) is 27.3 Å². The molecule has 1 aliphatic heterocycles. The van der Waals surface area contributed by atoms with Gasteiger partial charge < -0.3 is 26.4 Å². The van der Waals surface area contributed by atoms with Gasteiger partial charge in [-0.2, -0.15) is 0 Å². The van der Waals surface area contributed by atoms with Gasteiger partial charge in [-0.3, -0.25) is 4.79 Å². The molecule has 3 atom stereocenters. The first-order chi connectivity index (χ1) is 16.3. The average Bonchev–Trinajstić information content (AvgIpc) is 3.33. The first kappa shape index (κ1) is 23.0. The van der Waals surface area contributed by atoms with Gasteiger partial charge >= 0.3 is 0 Å². The van der Waals surface area contributed by atoms with Gasteiger partial charge in [-0.1, -0.05) is 6.07 Å². The Morgan fingerprint density at radius 1 is 1.29 bits per heavy atom. The minimum Gasteiger partial charge on any atom is -0.397 e. The van der Waals surface area contributed by atoms with Crippen LogP contribution in [0.3, 0.4) is 0 Å². The molecule has 180 valence electrons. The van der Waals surface area contributed by atoms with Gasteiger partial charge in [0.25, 0.3) is 5.91 Å². The maximum atomic E-state index is 13.1. The Balaban J connectivity index is 1.28. The number of nitrogens with one attached hydrogen (secondary N) is 1. The molecule has 2 aliphatic rings. The van der Waals surface area contributed by atoms with Crippen LogP contribution >= 0.6 is 11.3 Å². The van der Waals surface area contributed by atoms with Crippen molar-refractivity contribution >= 4 is 39.0 Å². The van der Waals surface area contributed by atoms with E-state index in [0.717, 1.165) is 65.3 Å². The van der Waals surface area contributed by atoms with Crippen molar-refractivity contribution < 1.29 is 9.53 Å². The summed E-state index contributed by atoms with van der Waals surface area (Å²) in [5, 5.41) is 4.09. The van der Waals surface area contributed by atoms with E-state index in [-0.39, 0.29) is 24.1 Å². The van der Waals surface area contributed by atoms with Gasteiger partial charge in [0.15, 0.2) is 0 Å². The largest absolute Gasteiger partial charge is 0.397 e. The van der Waals surface area contributed by atoms with Crippen LogP contribution in [0.4, 0.5) is 11.5 Å². The lowest BCUT2D eigenvalue weighted by atomic mass is 9.91. The van der Waals surface area contributed by atoms with Crippen molar-refractivity contribution in [1.82, 2.24) is 15.3 Å². The van der Waals surface area contributed by atoms with Crippen molar-refractivity contribution in [2.75, 3.05) is 30.3 Å². The maximum Gasteiger partial charge on any atom is 0.263 e. The molecule has 34 heavy (non-hydrogen) atoms. The van der Waals surface area contributed by atoms with Gasteiger partial charge in [-0.25, -0.2) is 9.97 Å². The third kappa shape index (κ3) is 4.23. The van der Waals surface area contributed by atoms with Crippen molar-refractivity contribution in [2.24, 2.45) is 5.73 Å². The van der Waals surface area contributed by atoms with Crippen LogP contribution in [0.1, 0.15) is 45.5 Å². The van der Waals surface area contributed by atoms with Crippen LogP contribution in [0.2, 0.25) is 0 Å². The van der Waals surface area contributed by atoms with Gasteiger partial charge in [0.1, 0.15) is 15.5 Å². The summed E-state index contributed by atoms with van der Waals surface area (Å²) in [7, 11) is 0. The van der Waals surface area contributed by atoms with Crippen LogP contribution in [0, 0.1) is 13.8 Å². The number of aromatic nitrogens is 2. The molecule has 9 heteroatoms. The second-order valence-corrected chi connectivity index (χ2v) is 10.4. The molecule has 0 aromatic carbocycles.